The monoisotopic (exact) mass is 282 g/mol. The molecule has 0 radical (unpaired) electrons. The lowest BCUT2D eigenvalue weighted by molar-refractivity contribution is -0.0197. The van der Waals surface area contributed by atoms with Gasteiger partial charge in [0.25, 0.3) is 0 Å². The lowest BCUT2D eigenvalue weighted by Crippen LogP contribution is -2.48. The van der Waals surface area contributed by atoms with Gasteiger partial charge in [0.2, 0.25) is 0 Å². The average Bonchev–Trinajstić information content (AvgIpc) is 2.78. The van der Waals surface area contributed by atoms with Gasteiger partial charge in [-0.2, -0.15) is 0 Å². The summed E-state index contributed by atoms with van der Waals surface area (Å²) >= 11 is 1.85. The van der Waals surface area contributed by atoms with E-state index in [4.69, 9.17) is 5.73 Å². The molecule has 2 rings (SSSR count). The van der Waals surface area contributed by atoms with Crippen molar-refractivity contribution < 1.29 is 5.11 Å². The van der Waals surface area contributed by atoms with Crippen LogP contribution in [0.3, 0.4) is 0 Å². The molecule has 1 aromatic heterocycles. The quantitative estimate of drug-likeness (QED) is 0.892. The maximum Gasteiger partial charge on any atom is 0.0644 e. The molecule has 0 spiro atoms. The van der Waals surface area contributed by atoms with Crippen molar-refractivity contribution >= 4 is 11.3 Å². The van der Waals surface area contributed by atoms with Crippen LogP contribution in [0.4, 0.5) is 0 Å². The summed E-state index contributed by atoms with van der Waals surface area (Å²) in [6.07, 6.45) is 2.66. The van der Waals surface area contributed by atoms with Crippen LogP contribution in [0.25, 0.3) is 0 Å². The van der Waals surface area contributed by atoms with Gasteiger partial charge in [0.1, 0.15) is 0 Å². The van der Waals surface area contributed by atoms with Gasteiger partial charge in [0.05, 0.1) is 11.6 Å². The number of nitrogens with zero attached hydrogens (tertiary/aromatic N) is 1. The highest BCUT2D eigenvalue weighted by Gasteiger charge is 2.34. The zero-order valence-corrected chi connectivity index (χ0v) is 13.0. The molecular formula is C15H26N2OS. The van der Waals surface area contributed by atoms with Crippen molar-refractivity contribution in [3.8, 4) is 0 Å². The number of piperidine rings is 1. The first-order chi connectivity index (χ1) is 8.93. The molecule has 2 heterocycles. The van der Waals surface area contributed by atoms with Gasteiger partial charge in [-0.05, 0) is 45.2 Å². The molecule has 2 unspecified atom stereocenters. The van der Waals surface area contributed by atoms with E-state index in [9.17, 15) is 5.11 Å². The van der Waals surface area contributed by atoms with Crippen LogP contribution < -0.4 is 5.73 Å². The van der Waals surface area contributed by atoms with Crippen LogP contribution in [0.2, 0.25) is 0 Å². The highest BCUT2D eigenvalue weighted by atomic mass is 32.1. The van der Waals surface area contributed by atoms with E-state index in [0.29, 0.717) is 6.04 Å². The molecule has 1 fully saturated rings. The maximum atomic E-state index is 10.1. The smallest absolute Gasteiger partial charge is 0.0644 e. The fourth-order valence-corrected chi connectivity index (χ4v) is 3.87. The van der Waals surface area contributed by atoms with Gasteiger partial charge in [-0.1, -0.05) is 6.92 Å². The summed E-state index contributed by atoms with van der Waals surface area (Å²) in [5.74, 6) is 0. The van der Waals surface area contributed by atoms with Gasteiger partial charge in [0.15, 0.2) is 0 Å². The minimum Gasteiger partial charge on any atom is -0.390 e. The van der Waals surface area contributed by atoms with E-state index in [1.165, 1.54) is 9.75 Å². The van der Waals surface area contributed by atoms with Gasteiger partial charge in [-0.15, -0.1) is 11.3 Å². The molecule has 0 saturated carbocycles. The summed E-state index contributed by atoms with van der Waals surface area (Å²) in [4.78, 5) is 5.16. The zero-order chi connectivity index (χ0) is 14.0. The second kappa shape index (κ2) is 5.92. The minimum atomic E-state index is -0.497. The van der Waals surface area contributed by atoms with E-state index in [1.54, 1.807) is 0 Å². The fourth-order valence-electron chi connectivity index (χ4n) is 2.78. The first-order valence-corrected chi connectivity index (χ1v) is 8.03. The Balaban J connectivity index is 2.15. The highest BCUT2D eigenvalue weighted by molar-refractivity contribution is 7.12. The fraction of sp³-hybridized carbons (Fsp3) is 0.733. The van der Waals surface area contributed by atoms with Gasteiger partial charge in [0, 0.05) is 28.9 Å². The second-order valence-electron chi connectivity index (χ2n) is 6.00. The van der Waals surface area contributed by atoms with Crippen LogP contribution in [-0.4, -0.2) is 34.7 Å². The molecule has 0 aliphatic carbocycles. The third kappa shape index (κ3) is 3.57. The number of thiophene rings is 1. The van der Waals surface area contributed by atoms with Crippen molar-refractivity contribution in [3.63, 3.8) is 0 Å². The van der Waals surface area contributed by atoms with Gasteiger partial charge >= 0.3 is 0 Å². The number of hydrogen-bond acceptors (Lipinski definition) is 4. The third-order valence-electron chi connectivity index (χ3n) is 4.20. The molecule has 0 bridgehead atoms. The molecule has 3 N–H and O–H groups in total. The Bertz CT molecular complexity index is 406. The number of rotatable bonds is 4. The van der Waals surface area contributed by atoms with Crippen molar-refractivity contribution in [2.24, 2.45) is 5.73 Å². The molecule has 0 amide bonds. The van der Waals surface area contributed by atoms with Crippen LogP contribution in [0.1, 0.15) is 48.9 Å². The third-order valence-corrected chi connectivity index (χ3v) is 5.27. The molecule has 0 aromatic carbocycles. The van der Waals surface area contributed by atoms with E-state index in [0.717, 1.165) is 32.4 Å². The Morgan fingerprint density at radius 3 is 2.53 bits per heavy atom. The molecular weight excluding hydrogens is 256 g/mol. The average molecular weight is 282 g/mol. The largest absolute Gasteiger partial charge is 0.390 e. The second-order valence-corrected chi connectivity index (χ2v) is 7.32. The van der Waals surface area contributed by atoms with Gasteiger partial charge < -0.3 is 10.8 Å². The molecule has 3 nitrogen and oxygen atoms in total. The molecule has 1 aliphatic rings. The standard InChI is InChI=1S/C15H26N2OS/c1-4-12(16)14(13-6-5-11(2)19-13)17-9-7-15(3,18)8-10-17/h5-6,12,14,18H,4,7-10,16H2,1-3H3. The van der Waals surface area contributed by atoms with E-state index in [1.807, 2.05) is 18.3 Å². The van der Waals surface area contributed by atoms with Crippen molar-refractivity contribution in [1.82, 2.24) is 4.90 Å². The Morgan fingerprint density at radius 1 is 1.42 bits per heavy atom. The van der Waals surface area contributed by atoms with Crippen LogP contribution >= 0.6 is 11.3 Å². The Hall–Kier alpha value is -0.420. The van der Waals surface area contributed by atoms with Crippen LogP contribution in [0.5, 0.6) is 0 Å². The lowest BCUT2D eigenvalue weighted by atomic mass is 9.91. The summed E-state index contributed by atoms with van der Waals surface area (Å²) in [5.41, 5.74) is 5.86. The van der Waals surface area contributed by atoms with Crippen molar-refractivity contribution in [3.05, 3.63) is 21.9 Å². The van der Waals surface area contributed by atoms with Crippen molar-refractivity contribution in [1.29, 1.82) is 0 Å². The molecule has 108 valence electrons. The zero-order valence-electron chi connectivity index (χ0n) is 12.2. The molecule has 1 aliphatic heterocycles. The summed E-state index contributed by atoms with van der Waals surface area (Å²) in [7, 11) is 0. The predicted molar refractivity (Wildman–Crippen MR) is 81.5 cm³/mol. The summed E-state index contributed by atoms with van der Waals surface area (Å²) in [6.45, 7) is 8.10. The first-order valence-electron chi connectivity index (χ1n) is 7.21. The number of aryl methyl sites for hydroxylation is 1. The number of nitrogens with two attached hydrogens (primary N) is 1. The predicted octanol–water partition coefficient (Wildman–Crippen LogP) is 2.68. The maximum absolute atomic E-state index is 10.1. The van der Waals surface area contributed by atoms with Crippen LogP contribution in [0, 0.1) is 6.92 Å². The molecule has 1 aromatic rings. The van der Waals surface area contributed by atoms with Crippen LogP contribution in [0.15, 0.2) is 12.1 Å². The van der Waals surface area contributed by atoms with E-state index >= 15 is 0 Å². The SMILES string of the molecule is CCC(N)C(c1ccc(C)s1)N1CCC(C)(O)CC1. The summed E-state index contributed by atoms with van der Waals surface area (Å²) in [5, 5.41) is 10.1. The topological polar surface area (TPSA) is 49.5 Å². The Morgan fingerprint density at radius 2 is 2.05 bits per heavy atom. The van der Waals surface area contributed by atoms with Gasteiger partial charge in [-0.25, -0.2) is 0 Å². The number of likely N-dealkylation sites (tertiary alicyclic amines) is 1. The lowest BCUT2D eigenvalue weighted by Gasteiger charge is -2.41. The Labute approximate surface area is 120 Å². The number of hydrogen-bond donors (Lipinski definition) is 2. The minimum absolute atomic E-state index is 0.168. The molecule has 2 atom stereocenters. The van der Waals surface area contributed by atoms with Crippen molar-refractivity contribution in [2.45, 2.75) is 57.7 Å². The van der Waals surface area contributed by atoms with E-state index in [-0.39, 0.29) is 6.04 Å². The van der Waals surface area contributed by atoms with Crippen molar-refractivity contribution in [2.75, 3.05) is 13.1 Å². The first kappa shape index (κ1) is 15.0. The molecule has 4 heteroatoms. The number of aliphatic hydroxyl groups is 1. The molecule has 19 heavy (non-hydrogen) atoms. The summed E-state index contributed by atoms with van der Waals surface area (Å²) in [6, 6.07) is 4.86. The molecule has 1 saturated heterocycles. The van der Waals surface area contributed by atoms with Gasteiger partial charge in [-0.3, -0.25) is 4.90 Å². The highest BCUT2D eigenvalue weighted by Crippen LogP contribution is 2.34. The van der Waals surface area contributed by atoms with Crippen LogP contribution in [-0.2, 0) is 0 Å². The summed E-state index contributed by atoms with van der Waals surface area (Å²) < 4.78 is 0. The Kier molecular flexibility index (Phi) is 4.66. The normalized spacial score (nSPS) is 23.2. The van der Waals surface area contributed by atoms with E-state index in [2.05, 4.69) is 30.9 Å². The van der Waals surface area contributed by atoms with E-state index < -0.39 is 5.60 Å².